The van der Waals surface area contributed by atoms with E-state index in [-0.39, 0.29) is 0 Å². The summed E-state index contributed by atoms with van der Waals surface area (Å²) < 4.78 is 0. The van der Waals surface area contributed by atoms with E-state index >= 15 is 0 Å². The zero-order valence-electron chi connectivity index (χ0n) is 8.24. The summed E-state index contributed by atoms with van der Waals surface area (Å²) in [6.45, 7) is 3.26. The molecule has 1 aliphatic rings. The van der Waals surface area contributed by atoms with Crippen LogP contribution in [0.3, 0.4) is 0 Å². The van der Waals surface area contributed by atoms with Crippen molar-refractivity contribution in [3.8, 4) is 0 Å². The van der Waals surface area contributed by atoms with E-state index in [0.717, 1.165) is 23.5 Å². The molecule has 0 aromatic carbocycles. The van der Waals surface area contributed by atoms with Crippen molar-refractivity contribution in [2.75, 3.05) is 7.05 Å². The Bertz CT molecular complexity index is 401. The van der Waals surface area contributed by atoms with Gasteiger partial charge >= 0.3 is 5.97 Å². The standard InChI is InChI=1S/C10H12N2O2/c1-6-3-7(10(13)14)8-4-12(2)5-9(8)11-6/h3H,4-5H2,1-2H3,(H,13,14). The van der Waals surface area contributed by atoms with Gasteiger partial charge in [-0.2, -0.15) is 0 Å². The van der Waals surface area contributed by atoms with Gasteiger partial charge in [0, 0.05) is 24.3 Å². The molecule has 0 atom stereocenters. The topological polar surface area (TPSA) is 53.4 Å². The summed E-state index contributed by atoms with van der Waals surface area (Å²) in [7, 11) is 1.96. The SMILES string of the molecule is Cc1cc(C(=O)O)c2c(n1)CN(C)C2. The van der Waals surface area contributed by atoms with Crippen molar-refractivity contribution in [2.45, 2.75) is 20.0 Å². The largest absolute Gasteiger partial charge is 0.478 e. The number of carbonyl (C=O) groups is 1. The van der Waals surface area contributed by atoms with Gasteiger partial charge in [0.05, 0.1) is 11.3 Å². The first kappa shape index (κ1) is 9.15. The normalized spacial score (nSPS) is 15.6. The van der Waals surface area contributed by atoms with Crippen LogP contribution in [0.4, 0.5) is 0 Å². The fraction of sp³-hybridized carbons (Fsp3) is 0.400. The Kier molecular flexibility index (Phi) is 2.00. The summed E-state index contributed by atoms with van der Waals surface area (Å²) in [6.07, 6.45) is 0. The van der Waals surface area contributed by atoms with Crippen molar-refractivity contribution < 1.29 is 9.90 Å². The molecule has 0 saturated heterocycles. The Morgan fingerprint density at radius 3 is 2.93 bits per heavy atom. The van der Waals surface area contributed by atoms with Crippen LogP contribution in [-0.4, -0.2) is 28.0 Å². The third-order valence-corrected chi connectivity index (χ3v) is 2.42. The van der Waals surface area contributed by atoms with Crippen LogP contribution >= 0.6 is 0 Å². The molecule has 1 aromatic rings. The molecule has 4 heteroatoms. The molecule has 2 heterocycles. The van der Waals surface area contributed by atoms with Gasteiger partial charge in [0.25, 0.3) is 0 Å². The summed E-state index contributed by atoms with van der Waals surface area (Å²) in [6, 6.07) is 1.64. The van der Waals surface area contributed by atoms with E-state index in [1.807, 2.05) is 14.0 Å². The molecule has 1 aliphatic heterocycles. The fourth-order valence-corrected chi connectivity index (χ4v) is 1.84. The van der Waals surface area contributed by atoms with Gasteiger partial charge in [-0.25, -0.2) is 4.79 Å². The van der Waals surface area contributed by atoms with Crippen LogP contribution in [0, 0.1) is 6.92 Å². The van der Waals surface area contributed by atoms with Gasteiger partial charge in [0.2, 0.25) is 0 Å². The Hall–Kier alpha value is -1.42. The molecule has 1 N–H and O–H groups in total. The number of aromatic carboxylic acids is 1. The number of pyridine rings is 1. The number of fused-ring (bicyclic) bond motifs is 1. The Balaban J connectivity index is 2.57. The third-order valence-electron chi connectivity index (χ3n) is 2.42. The van der Waals surface area contributed by atoms with Crippen LogP contribution in [-0.2, 0) is 13.1 Å². The van der Waals surface area contributed by atoms with E-state index < -0.39 is 5.97 Å². The zero-order chi connectivity index (χ0) is 10.3. The highest BCUT2D eigenvalue weighted by molar-refractivity contribution is 5.89. The van der Waals surface area contributed by atoms with Gasteiger partial charge in [-0.3, -0.25) is 9.88 Å². The second-order valence-electron chi connectivity index (χ2n) is 3.71. The lowest BCUT2D eigenvalue weighted by Gasteiger charge is -2.04. The third kappa shape index (κ3) is 1.37. The number of carboxylic acids is 1. The average Bonchev–Trinajstić information content (AvgIpc) is 2.42. The zero-order valence-corrected chi connectivity index (χ0v) is 8.24. The lowest BCUT2D eigenvalue weighted by Crippen LogP contribution is -2.08. The highest BCUT2D eigenvalue weighted by atomic mass is 16.4. The molecule has 0 radical (unpaired) electrons. The molecular formula is C10H12N2O2. The van der Waals surface area contributed by atoms with Crippen LogP contribution in [0.25, 0.3) is 0 Å². The average molecular weight is 192 g/mol. The first-order valence-corrected chi connectivity index (χ1v) is 4.49. The van der Waals surface area contributed by atoms with Gasteiger partial charge in [-0.05, 0) is 20.0 Å². The summed E-state index contributed by atoms with van der Waals surface area (Å²) in [5, 5.41) is 9.01. The van der Waals surface area contributed by atoms with E-state index in [4.69, 9.17) is 5.11 Å². The molecule has 74 valence electrons. The van der Waals surface area contributed by atoms with E-state index in [0.29, 0.717) is 12.1 Å². The van der Waals surface area contributed by atoms with Crippen LogP contribution in [0.5, 0.6) is 0 Å². The van der Waals surface area contributed by atoms with Crippen LogP contribution in [0.15, 0.2) is 6.07 Å². The maximum atomic E-state index is 11.0. The minimum Gasteiger partial charge on any atom is -0.478 e. The van der Waals surface area contributed by atoms with Crippen LogP contribution < -0.4 is 0 Å². The number of nitrogens with zero attached hydrogens (tertiary/aromatic N) is 2. The number of rotatable bonds is 1. The van der Waals surface area contributed by atoms with E-state index in [2.05, 4.69) is 9.88 Å². The number of hydrogen-bond donors (Lipinski definition) is 1. The first-order valence-electron chi connectivity index (χ1n) is 4.49. The quantitative estimate of drug-likeness (QED) is 0.722. The van der Waals surface area contributed by atoms with Crippen molar-refractivity contribution in [3.05, 3.63) is 28.6 Å². The minimum absolute atomic E-state index is 0.400. The van der Waals surface area contributed by atoms with Crippen molar-refractivity contribution in [2.24, 2.45) is 0 Å². The van der Waals surface area contributed by atoms with E-state index in [1.54, 1.807) is 6.07 Å². The molecule has 4 nitrogen and oxygen atoms in total. The minimum atomic E-state index is -0.859. The molecular weight excluding hydrogens is 180 g/mol. The highest BCUT2D eigenvalue weighted by Crippen LogP contribution is 2.23. The van der Waals surface area contributed by atoms with Gasteiger partial charge in [0.15, 0.2) is 0 Å². The summed E-state index contributed by atoms with van der Waals surface area (Å²) in [5.41, 5.74) is 2.95. The molecule has 0 aliphatic carbocycles. The predicted octanol–water partition coefficient (Wildman–Crippen LogP) is 1.03. The van der Waals surface area contributed by atoms with Gasteiger partial charge in [-0.1, -0.05) is 0 Å². The van der Waals surface area contributed by atoms with Crippen LogP contribution in [0.1, 0.15) is 27.3 Å². The number of aryl methyl sites for hydroxylation is 1. The van der Waals surface area contributed by atoms with Crippen molar-refractivity contribution in [1.82, 2.24) is 9.88 Å². The Morgan fingerprint density at radius 2 is 2.29 bits per heavy atom. The molecule has 0 fully saturated rings. The van der Waals surface area contributed by atoms with Gasteiger partial charge < -0.3 is 5.11 Å². The summed E-state index contributed by atoms with van der Waals surface area (Å²) in [5.74, 6) is -0.859. The Labute approximate surface area is 82.2 Å². The molecule has 1 aromatic heterocycles. The molecule has 0 unspecified atom stereocenters. The molecule has 14 heavy (non-hydrogen) atoms. The smallest absolute Gasteiger partial charge is 0.336 e. The summed E-state index contributed by atoms with van der Waals surface area (Å²) >= 11 is 0. The molecule has 0 bridgehead atoms. The maximum absolute atomic E-state index is 11.0. The summed E-state index contributed by atoms with van der Waals surface area (Å²) in [4.78, 5) is 17.4. The van der Waals surface area contributed by atoms with Gasteiger partial charge in [0.1, 0.15) is 0 Å². The number of carboxylic acid groups (broad SMARTS) is 1. The number of aromatic nitrogens is 1. The first-order chi connectivity index (χ1) is 6.58. The molecule has 0 amide bonds. The molecule has 2 rings (SSSR count). The molecule has 0 saturated carbocycles. The second kappa shape index (κ2) is 3.06. The Morgan fingerprint density at radius 1 is 1.57 bits per heavy atom. The lowest BCUT2D eigenvalue weighted by molar-refractivity contribution is 0.0695. The predicted molar refractivity (Wildman–Crippen MR) is 51.1 cm³/mol. The monoisotopic (exact) mass is 192 g/mol. The molecule has 0 spiro atoms. The van der Waals surface area contributed by atoms with Crippen molar-refractivity contribution in [3.63, 3.8) is 0 Å². The lowest BCUT2D eigenvalue weighted by atomic mass is 10.1. The van der Waals surface area contributed by atoms with Crippen molar-refractivity contribution in [1.29, 1.82) is 0 Å². The van der Waals surface area contributed by atoms with E-state index in [1.165, 1.54) is 0 Å². The second-order valence-corrected chi connectivity index (χ2v) is 3.71. The van der Waals surface area contributed by atoms with Crippen molar-refractivity contribution >= 4 is 5.97 Å². The maximum Gasteiger partial charge on any atom is 0.336 e. The fourth-order valence-electron chi connectivity index (χ4n) is 1.84. The number of hydrogen-bond acceptors (Lipinski definition) is 3. The van der Waals surface area contributed by atoms with Gasteiger partial charge in [-0.15, -0.1) is 0 Å². The van der Waals surface area contributed by atoms with Crippen LogP contribution in [0.2, 0.25) is 0 Å². The highest BCUT2D eigenvalue weighted by Gasteiger charge is 2.23. The van der Waals surface area contributed by atoms with E-state index in [9.17, 15) is 4.79 Å².